The van der Waals surface area contributed by atoms with Crippen molar-refractivity contribution in [2.24, 2.45) is 16.8 Å². The standard InChI is InChI=1S/C8H19N3/c1-4-8(2)7-11(9)6-5-10-3/h5,8H,4,6-7,9H2,1-3H3/b10-5-. The van der Waals surface area contributed by atoms with Gasteiger partial charge < -0.3 is 0 Å². The maximum Gasteiger partial charge on any atom is 0.0478 e. The normalized spacial score (nSPS) is 14.6. The van der Waals surface area contributed by atoms with Gasteiger partial charge in [-0.25, -0.2) is 5.01 Å². The number of hydrogen-bond donors (Lipinski definition) is 1. The lowest BCUT2D eigenvalue weighted by Gasteiger charge is -2.17. The van der Waals surface area contributed by atoms with E-state index < -0.39 is 0 Å². The third kappa shape index (κ3) is 6.01. The lowest BCUT2D eigenvalue weighted by molar-refractivity contribution is 0.274. The molecule has 0 heterocycles. The van der Waals surface area contributed by atoms with Gasteiger partial charge in [0.05, 0.1) is 0 Å². The van der Waals surface area contributed by atoms with Gasteiger partial charge in [-0.3, -0.25) is 10.8 Å². The molecule has 2 N–H and O–H groups in total. The first-order chi connectivity index (χ1) is 5.20. The Balaban J connectivity index is 3.42. The molecule has 0 aromatic carbocycles. The van der Waals surface area contributed by atoms with Gasteiger partial charge >= 0.3 is 0 Å². The molecule has 0 aliphatic carbocycles. The van der Waals surface area contributed by atoms with Crippen LogP contribution in [0, 0.1) is 5.92 Å². The topological polar surface area (TPSA) is 41.6 Å². The smallest absolute Gasteiger partial charge is 0.0478 e. The molecule has 0 radical (unpaired) electrons. The summed E-state index contributed by atoms with van der Waals surface area (Å²) >= 11 is 0. The zero-order chi connectivity index (χ0) is 8.69. The van der Waals surface area contributed by atoms with Crippen molar-refractivity contribution < 1.29 is 0 Å². The minimum atomic E-state index is 0.672. The fourth-order valence-corrected chi connectivity index (χ4v) is 0.790. The molecule has 0 rings (SSSR count). The fourth-order valence-electron chi connectivity index (χ4n) is 0.790. The molecule has 1 atom stereocenters. The minimum Gasteiger partial charge on any atom is -0.299 e. The monoisotopic (exact) mass is 157 g/mol. The molecule has 3 nitrogen and oxygen atoms in total. The maximum atomic E-state index is 5.68. The molecule has 0 aromatic rings. The second kappa shape index (κ2) is 6.31. The SMILES string of the molecule is CCC(C)CN(N)C/C=N\C. The Bertz CT molecular complexity index is 112. The highest BCUT2D eigenvalue weighted by molar-refractivity contribution is 5.59. The number of nitrogens with two attached hydrogens (primary N) is 1. The van der Waals surface area contributed by atoms with Crippen LogP contribution in [0.2, 0.25) is 0 Å². The van der Waals surface area contributed by atoms with E-state index in [-0.39, 0.29) is 0 Å². The average Bonchev–Trinajstić information content (AvgIpc) is 2.00. The van der Waals surface area contributed by atoms with Crippen LogP contribution < -0.4 is 5.84 Å². The summed E-state index contributed by atoms with van der Waals surface area (Å²) in [6.45, 7) is 6.07. The minimum absolute atomic E-state index is 0.672. The number of nitrogens with zero attached hydrogens (tertiary/aromatic N) is 2. The summed E-state index contributed by atoms with van der Waals surface area (Å²) < 4.78 is 0. The van der Waals surface area contributed by atoms with Crippen LogP contribution in [-0.4, -0.2) is 31.4 Å². The van der Waals surface area contributed by atoms with Crippen LogP contribution in [0.1, 0.15) is 20.3 Å². The summed E-state index contributed by atoms with van der Waals surface area (Å²) in [4.78, 5) is 3.86. The van der Waals surface area contributed by atoms with Crippen molar-refractivity contribution in [2.45, 2.75) is 20.3 Å². The Morgan fingerprint density at radius 3 is 2.73 bits per heavy atom. The Labute approximate surface area is 69.3 Å². The van der Waals surface area contributed by atoms with Crippen LogP contribution >= 0.6 is 0 Å². The van der Waals surface area contributed by atoms with Crippen LogP contribution in [0.4, 0.5) is 0 Å². The first-order valence-electron chi connectivity index (χ1n) is 4.11. The highest BCUT2D eigenvalue weighted by Gasteiger charge is 2.02. The van der Waals surface area contributed by atoms with Crippen LogP contribution in [0.3, 0.4) is 0 Å². The molecule has 0 aromatic heterocycles. The molecule has 0 saturated carbocycles. The van der Waals surface area contributed by atoms with Gasteiger partial charge in [-0.05, 0) is 5.92 Å². The quantitative estimate of drug-likeness (QED) is 0.366. The summed E-state index contributed by atoms with van der Waals surface area (Å²) in [5.74, 6) is 6.35. The van der Waals surface area contributed by atoms with E-state index in [2.05, 4.69) is 18.8 Å². The predicted octanol–water partition coefficient (Wildman–Crippen LogP) is 0.909. The van der Waals surface area contributed by atoms with Gasteiger partial charge in [0.15, 0.2) is 0 Å². The Kier molecular flexibility index (Phi) is 6.07. The van der Waals surface area contributed by atoms with Crippen molar-refractivity contribution in [3.63, 3.8) is 0 Å². The van der Waals surface area contributed by atoms with E-state index in [1.807, 2.05) is 6.21 Å². The summed E-state index contributed by atoms with van der Waals surface area (Å²) in [6.07, 6.45) is 3.00. The largest absolute Gasteiger partial charge is 0.299 e. The number of rotatable bonds is 5. The number of hydrogen-bond acceptors (Lipinski definition) is 3. The van der Waals surface area contributed by atoms with Gasteiger partial charge in [0.2, 0.25) is 0 Å². The highest BCUT2D eigenvalue weighted by atomic mass is 15.4. The lowest BCUT2D eigenvalue weighted by atomic mass is 10.1. The second-order valence-corrected chi connectivity index (χ2v) is 2.91. The fraction of sp³-hybridized carbons (Fsp3) is 0.875. The summed E-state index contributed by atoms with van der Waals surface area (Å²) in [7, 11) is 1.76. The summed E-state index contributed by atoms with van der Waals surface area (Å²) in [5, 5.41) is 1.79. The molecule has 0 aliphatic heterocycles. The van der Waals surface area contributed by atoms with Crippen LogP contribution in [-0.2, 0) is 0 Å². The van der Waals surface area contributed by atoms with E-state index in [1.54, 1.807) is 12.1 Å². The van der Waals surface area contributed by atoms with Crippen molar-refractivity contribution in [3.05, 3.63) is 0 Å². The molecular formula is C8H19N3. The second-order valence-electron chi connectivity index (χ2n) is 2.91. The molecule has 11 heavy (non-hydrogen) atoms. The van der Waals surface area contributed by atoms with Gasteiger partial charge in [0, 0.05) is 26.4 Å². The first kappa shape index (κ1) is 10.6. The predicted molar refractivity (Wildman–Crippen MR) is 49.6 cm³/mol. The zero-order valence-corrected chi connectivity index (χ0v) is 7.75. The van der Waals surface area contributed by atoms with Crippen molar-refractivity contribution in [1.82, 2.24) is 5.01 Å². The molecule has 0 aliphatic rings. The molecule has 1 unspecified atom stereocenters. The molecule has 66 valence electrons. The van der Waals surface area contributed by atoms with E-state index in [0.717, 1.165) is 13.1 Å². The first-order valence-corrected chi connectivity index (χ1v) is 4.11. The third-order valence-corrected chi connectivity index (χ3v) is 1.74. The zero-order valence-electron chi connectivity index (χ0n) is 7.75. The van der Waals surface area contributed by atoms with Crippen LogP contribution in [0.25, 0.3) is 0 Å². The van der Waals surface area contributed by atoms with Gasteiger partial charge in [-0.1, -0.05) is 20.3 Å². The van der Waals surface area contributed by atoms with E-state index in [1.165, 1.54) is 6.42 Å². The average molecular weight is 157 g/mol. The molecule has 0 spiro atoms. The molecule has 0 saturated heterocycles. The Morgan fingerprint density at radius 1 is 1.64 bits per heavy atom. The van der Waals surface area contributed by atoms with Gasteiger partial charge in [-0.2, -0.15) is 0 Å². The molecular weight excluding hydrogens is 138 g/mol. The number of aliphatic imine (C=N–C) groups is 1. The molecule has 0 fully saturated rings. The van der Waals surface area contributed by atoms with Gasteiger partial charge in [0.25, 0.3) is 0 Å². The Hall–Kier alpha value is -0.410. The third-order valence-electron chi connectivity index (χ3n) is 1.74. The summed E-state index contributed by atoms with van der Waals surface area (Å²) in [5.41, 5.74) is 0. The number of hydrazine groups is 1. The maximum absolute atomic E-state index is 5.68. The lowest BCUT2D eigenvalue weighted by Crippen LogP contribution is -2.36. The van der Waals surface area contributed by atoms with E-state index >= 15 is 0 Å². The van der Waals surface area contributed by atoms with Crippen molar-refractivity contribution >= 4 is 6.21 Å². The van der Waals surface area contributed by atoms with Gasteiger partial charge in [0.1, 0.15) is 0 Å². The van der Waals surface area contributed by atoms with E-state index in [9.17, 15) is 0 Å². The van der Waals surface area contributed by atoms with E-state index in [4.69, 9.17) is 5.84 Å². The molecule has 0 bridgehead atoms. The summed E-state index contributed by atoms with van der Waals surface area (Å²) in [6, 6.07) is 0. The van der Waals surface area contributed by atoms with Crippen molar-refractivity contribution in [1.29, 1.82) is 0 Å². The van der Waals surface area contributed by atoms with E-state index in [0.29, 0.717) is 5.92 Å². The van der Waals surface area contributed by atoms with Crippen molar-refractivity contribution in [3.8, 4) is 0 Å². The van der Waals surface area contributed by atoms with Crippen LogP contribution in [0.5, 0.6) is 0 Å². The highest BCUT2D eigenvalue weighted by Crippen LogP contribution is 1.99. The van der Waals surface area contributed by atoms with Crippen molar-refractivity contribution in [2.75, 3.05) is 20.1 Å². The molecule has 0 amide bonds. The van der Waals surface area contributed by atoms with Crippen LogP contribution in [0.15, 0.2) is 4.99 Å². The molecule has 3 heteroatoms. The van der Waals surface area contributed by atoms with Gasteiger partial charge in [-0.15, -0.1) is 0 Å². The Morgan fingerprint density at radius 2 is 2.27 bits per heavy atom.